The fraction of sp³-hybridized carbons (Fsp3) is 0.714. The van der Waals surface area contributed by atoms with Gasteiger partial charge >= 0.3 is 0 Å². The lowest BCUT2D eigenvalue weighted by atomic mass is 9.57. The van der Waals surface area contributed by atoms with Gasteiger partial charge in [-0.3, -0.25) is 9.59 Å². The molecule has 4 fully saturated rings. The molecule has 0 spiro atoms. The van der Waals surface area contributed by atoms with Gasteiger partial charge < -0.3 is 19.5 Å². The molecule has 1 heterocycles. The zero-order valence-electron chi connectivity index (χ0n) is 21.3. The third-order valence-electron chi connectivity index (χ3n) is 8.40. The maximum Gasteiger partial charge on any atom is 0.290 e. The van der Waals surface area contributed by atoms with Crippen LogP contribution in [0.5, 0.6) is 5.75 Å². The second-order valence-electron chi connectivity index (χ2n) is 11.6. The van der Waals surface area contributed by atoms with Crippen LogP contribution in [0.2, 0.25) is 0 Å². The first kappa shape index (κ1) is 25.9. The van der Waals surface area contributed by atoms with Crippen molar-refractivity contribution >= 4 is 12.4 Å². The maximum atomic E-state index is 15.2. The Bertz CT molecular complexity index is 897. The SMILES string of the molecule is COC1CCN(C(=O)c2cc(C3CC3)c(OCC34CC(C)CC(CC(C)C3)C4)cc2F)C1.O=CO. The lowest BCUT2D eigenvalue weighted by Gasteiger charge is -2.49. The highest BCUT2D eigenvalue weighted by Crippen LogP contribution is 2.53. The van der Waals surface area contributed by atoms with Crippen molar-refractivity contribution in [2.75, 3.05) is 26.8 Å². The number of nitrogens with zero attached hydrogens (tertiary/aromatic N) is 1. The smallest absolute Gasteiger partial charge is 0.290 e. The Hall–Kier alpha value is -2.15. The highest BCUT2D eigenvalue weighted by atomic mass is 19.1. The number of benzene rings is 1. The molecular formula is C28H40FNO5. The quantitative estimate of drug-likeness (QED) is 0.534. The molecule has 0 radical (unpaired) electrons. The minimum Gasteiger partial charge on any atom is -0.493 e. The number of carboxylic acid groups (broad SMARTS) is 1. The molecule has 5 rings (SSSR count). The highest BCUT2D eigenvalue weighted by Gasteiger charge is 2.45. The van der Waals surface area contributed by atoms with Gasteiger partial charge in [-0.25, -0.2) is 4.39 Å². The van der Waals surface area contributed by atoms with E-state index in [4.69, 9.17) is 19.4 Å². The molecule has 1 N–H and O–H groups in total. The third-order valence-corrected chi connectivity index (χ3v) is 8.40. The largest absolute Gasteiger partial charge is 0.493 e. The second kappa shape index (κ2) is 10.9. The number of fused-ring (bicyclic) bond motifs is 2. The summed E-state index contributed by atoms with van der Waals surface area (Å²) in [6, 6.07) is 3.29. The van der Waals surface area contributed by atoms with Crippen molar-refractivity contribution in [2.45, 2.75) is 77.2 Å². The average molecular weight is 490 g/mol. The summed E-state index contributed by atoms with van der Waals surface area (Å²) < 4.78 is 27.0. The van der Waals surface area contributed by atoms with Crippen molar-refractivity contribution in [2.24, 2.45) is 23.2 Å². The molecule has 194 valence electrons. The monoisotopic (exact) mass is 489 g/mol. The first-order valence-corrected chi connectivity index (χ1v) is 13.1. The molecule has 35 heavy (non-hydrogen) atoms. The molecule has 7 heteroatoms. The van der Waals surface area contributed by atoms with Crippen LogP contribution in [0.1, 0.15) is 87.1 Å². The molecule has 3 saturated carbocycles. The third kappa shape index (κ3) is 5.99. The molecule has 6 nitrogen and oxygen atoms in total. The van der Waals surface area contributed by atoms with Gasteiger partial charge in [0.25, 0.3) is 12.4 Å². The summed E-state index contributed by atoms with van der Waals surface area (Å²) in [5, 5.41) is 6.89. The van der Waals surface area contributed by atoms with Crippen molar-refractivity contribution in [1.82, 2.24) is 4.90 Å². The molecular weight excluding hydrogens is 449 g/mol. The second-order valence-corrected chi connectivity index (χ2v) is 11.6. The van der Waals surface area contributed by atoms with Gasteiger partial charge in [0, 0.05) is 31.7 Å². The zero-order valence-corrected chi connectivity index (χ0v) is 21.3. The number of methoxy groups -OCH3 is 1. The number of ether oxygens (including phenoxy) is 2. The average Bonchev–Trinajstić information content (AvgIpc) is 3.52. The Kier molecular flexibility index (Phi) is 8.04. The molecule has 3 aliphatic carbocycles. The predicted molar refractivity (Wildman–Crippen MR) is 131 cm³/mol. The number of amides is 1. The summed E-state index contributed by atoms with van der Waals surface area (Å²) in [7, 11) is 1.67. The zero-order chi connectivity index (χ0) is 25.2. The van der Waals surface area contributed by atoms with Crippen molar-refractivity contribution in [3.8, 4) is 5.75 Å². The van der Waals surface area contributed by atoms with Crippen LogP contribution in [-0.2, 0) is 9.53 Å². The van der Waals surface area contributed by atoms with Gasteiger partial charge in [-0.05, 0) is 86.7 Å². The van der Waals surface area contributed by atoms with Gasteiger partial charge in [0.2, 0.25) is 0 Å². The van der Waals surface area contributed by atoms with Crippen LogP contribution in [0.15, 0.2) is 12.1 Å². The molecule has 4 aliphatic rings. The minimum absolute atomic E-state index is 0.0476. The lowest BCUT2D eigenvalue weighted by molar-refractivity contribution is -0.122. The van der Waals surface area contributed by atoms with Crippen LogP contribution in [-0.4, -0.2) is 55.3 Å². The van der Waals surface area contributed by atoms with Crippen molar-refractivity contribution in [3.05, 3.63) is 29.1 Å². The van der Waals surface area contributed by atoms with Crippen LogP contribution in [0.3, 0.4) is 0 Å². The van der Waals surface area contributed by atoms with E-state index in [9.17, 15) is 4.79 Å². The van der Waals surface area contributed by atoms with Gasteiger partial charge in [-0.2, -0.15) is 0 Å². The summed E-state index contributed by atoms with van der Waals surface area (Å²) >= 11 is 0. The van der Waals surface area contributed by atoms with Crippen LogP contribution in [0, 0.1) is 29.0 Å². The van der Waals surface area contributed by atoms with Gasteiger partial charge in [0.15, 0.2) is 0 Å². The molecule has 2 bridgehead atoms. The number of carbonyl (C=O) groups excluding carboxylic acids is 1. The number of halogens is 1. The van der Waals surface area contributed by atoms with Gasteiger partial charge in [-0.15, -0.1) is 0 Å². The maximum absolute atomic E-state index is 15.2. The Morgan fingerprint density at radius 2 is 1.83 bits per heavy atom. The van der Waals surface area contributed by atoms with E-state index in [1.807, 2.05) is 0 Å². The van der Waals surface area contributed by atoms with E-state index in [0.29, 0.717) is 31.4 Å². The van der Waals surface area contributed by atoms with E-state index in [1.165, 1.54) is 38.2 Å². The Labute approximate surface area is 208 Å². The summed E-state index contributed by atoms with van der Waals surface area (Å²) in [4.78, 5) is 23.1. The van der Waals surface area contributed by atoms with Crippen LogP contribution < -0.4 is 4.74 Å². The Morgan fingerprint density at radius 1 is 1.17 bits per heavy atom. The van der Waals surface area contributed by atoms with Gasteiger partial charge in [0.05, 0.1) is 18.3 Å². The predicted octanol–water partition coefficient (Wildman–Crippen LogP) is 5.50. The first-order chi connectivity index (χ1) is 16.8. The number of hydrogen-bond acceptors (Lipinski definition) is 4. The van der Waals surface area contributed by atoms with E-state index in [-0.39, 0.29) is 29.5 Å². The van der Waals surface area contributed by atoms with Gasteiger partial charge in [0.1, 0.15) is 11.6 Å². The topological polar surface area (TPSA) is 76.1 Å². The highest BCUT2D eigenvalue weighted by molar-refractivity contribution is 5.95. The van der Waals surface area contributed by atoms with Crippen LogP contribution in [0.4, 0.5) is 4.39 Å². The van der Waals surface area contributed by atoms with Crippen molar-refractivity contribution in [1.29, 1.82) is 0 Å². The lowest BCUT2D eigenvalue weighted by Crippen LogP contribution is -2.43. The molecule has 1 saturated heterocycles. The van der Waals surface area contributed by atoms with E-state index in [1.54, 1.807) is 18.1 Å². The fourth-order valence-electron chi connectivity index (χ4n) is 7.17. The van der Waals surface area contributed by atoms with E-state index in [0.717, 1.165) is 42.6 Å². The molecule has 1 amide bonds. The molecule has 1 aromatic rings. The van der Waals surface area contributed by atoms with Gasteiger partial charge in [-0.1, -0.05) is 13.8 Å². The van der Waals surface area contributed by atoms with Crippen LogP contribution in [0.25, 0.3) is 0 Å². The summed E-state index contributed by atoms with van der Waals surface area (Å²) in [6.07, 6.45) is 9.37. The standard InChI is InChI=1S/C27H38FNO3.CH2O2/c1-17-8-19-9-18(2)13-27(12-17,14-19)16-32-25-11-24(28)23(10-22(25)20-4-5-20)26(30)29-7-6-21(15-29)31-3;2-1-3/h10-11,17-21H,4-9,12-16H2,1-3H3;1H,(H,2,3). The van der Waals surface area contributed by atoms with E-state index >= 15 is 4.39 Å². The van der Waals surface area contributed by atoms with E-state index in [2.05, 4.69) is 13.8 Å². The van der Waals surface area contributed by atoms with Crippen molar-refractivity contribution in [3.63, 3.8) is 0 Å². The molecule has 3 atom stereocenters. The van der Waals surface area contributed by atoms with E-state index < -0.39 is 5.82 Å². The molecule has 1 aromatic carbocycles. The summed E-state index contributed by atoms with van der Waals surface area (Å²) in [6.45, 7) is 6.32. The minimum atomic E-state index is -0.459. The Balaban J connectivity index is 0.000000917. The number of carbonyl (C=O) groups is 2. The Morgan fingerprint density at radius 3 is 2.40 bits per heavy atom. The molecule has 3 unspecified atom stereocenters. The van der Waals surface area contributed by atoms with Crippen molar-refractivity contribution < 1.29 is 28.6 Å². The van der Waals surface area contributed by atoms with Crippen LogP contribution >= 0.6 is 0 Å². The summed E-state index contributed by atoms with van der Waals surface area (Å²) in [5.41, 5.74) is 1.43. The summed E-state index contributed by atoms with van der Waals surface area (Å²) in [5.74, 6) is 2.66. The molecule has 1 aliphatic heterocycles. The normalized spacial score (nSPS) is 31.9. The first-order valence-electron chi connectivity index (χ1n) is 13.1. The number of likely N-dealkylation sites (tertiary alicyclic amines) is 1. The number of rotatable bonds is 6. The number of hydrogen-bond donors (Lipinski definition) is 1. The fourth-order valence-corrected chi connectivity index (χ4v) is 7.17. The molecule has 0 aromatic heterocycles.